The molecule has 2 aliphatic rings. The van der Waals surface area contributed by atoms with Gasteiger partial charge in [0, 0.05) is 42.5 Å². The van der Waals surface area contributed by atoms with E-state index in [-0.39, 0.29) is 0 Å². The molecule has 0 amide bonds. The van der Waals surface area contributed by atoms with Crippen LogP contribution in [0.2, 0.25) is 0 Å². The zero-order valence-corrected chi connectivity index (χ0v) is 23.9. The highest BCUT2D eigenvalue weighted by Crippen LogP contribution is 2.34. The van der Waals surface area contributed by atoms with E-state index in [9.17, 15) is 5.26 Å². The maximum Gasteiger partial charge on any atom is 0.126 e. The number of nitrogen functional groups attached to an aromatic ring is 1. The van der Waals surface area contributed by atoms with E-state index in [0.717, 1.165) is 66.1 Å². The van der Waals surface area contributed by atoms with Crippen molar-refractivity contribution >= 4 is 33.7 Å². The average molecular weight is 524 g/mol. The van der Waals surface area contributed by atoms with Gasteiger partial charge in [0.2, 0.25) is 0 Å². The van der Waals surface area contributed by atoms with Crippen LogP contribution >= 0.6 is 0 Å². The Hall–Kier alpha value is -4.02. The van der Waals surface area contributed by atoms with Gasteiger partial charge in [0.15, 0.2) is 0 Å². The van der Waals surface area contributed by atoms with Crippen LogP contribution in [-0.2, 0) is 13.0 Å². The molecule has 39 heavy (non-hydrogen) atoms. The Labute approximate surface area is 232 Å². The number of allylic oxidation sites excluding steroid dienone is 3. The summed E-state index contributed by atoms with van der Waals surface area (Å²) < 4.78 is 2.31. The topological polar surface area (TPSA) is 94.4 Å². The normalized spacial score (nSPS) is 15.7. The van der Waals surface area contributed by atoms with E-state index in [1.807, 2.05) is 46.2 Å². The number of rotatable bonds is 6. The Bertz CT molecular complexity index is 1460. The van der Waals surface area contributed by atoms with E-state index in [0.29, 0.717) is 17.1 Å². The number of anilines is 3. The van der Waals surface area contributed by atoms with Gasteiger partial charge in [-0.05, 0) is 89.9 Å². The first-order chi connectivity index (χ1) is 18.9. The molecule has 7 heteroatoms. The summed E-state index contributed by atoms with van der Waals surface area (Å²) in [5, 5.41) is 17.4. The van der Waals surface area contributed by atoms with Crippen molar-refractivity contribution in [3.8, 4) is 6.07 Å². The van der Waals surface area contributed by atoms with E-state index < -0.39 is 0 Å². The lowest BCUT2D eigenvalue weighted by Crippen LogP contribution is -2.19. The number of hydrogen-bond donors (Lipinski definition) is 3. The number of aryl methyl sites for hydroxylation is 3. The van der Waals surface area contributed by atoms with E-state index in [1.54, 1.807) is 0 Å². The molecule has 5 rings (SSSR count). The summed E-state index contributed by atoms with van der Waals surface area (Å²) >= 11 is 0. The van der Waals surface area contributed by atoms with Crippen molar-refractivity contribution in [3.63, 3.8) is 0 Å². The molecule has 1 fully saturated rings. The van der Waals surface area contributed by atoms with Crippen LogP contribution in [0.3, 0.4) is 0 Å². The van der Waals surface area contributed by atoms with E-state index in [1.165, 1.54) is 23.9 Å². The van der Waals surface area contributed by atoms with Gasteiger partial charge >= 0.3 is 0 Å². The van der Waals surface area contributed by atoms with Gasteiger partial charge in [0.05, 0.1) is 28.2 Å². The summed E-state index contributed by atoms with van der Waals surface area (Å²) in [6.45, 7) is 9.03. The number of para-hydroxylation sites is 1. The Morgan fingerprint density at radius 2 is 1.82 bits per heavy atom. The zero-order chi connectivity index (χ0) is 27.9. The average Bonchev–Trinajstić information content (AvgIpc) is 3.60. The molecule has 0 aliphatic carbocycles. The molecule has 0 bridgehead atoms. The molecule has 1 aromatic heterocycles. The van der Waals surface area contributed by atoms with E-state index in [2.05, 4.69) is 63.6 Å². The second-order valence-electron chi connectivity index (χ2n) is 10.1. The van der Waals surface area contributed by atoms with Gasteiger partial charge in [-0.25, -0.2) is 4.99 Å². The molecule has 0 atom stereocenters. The molecular formula is C32H41N7. The van der Waals surface area contributed by atoms with Gasteiger partial charge in [0.25, 0.3) is 0 Å². The fourth-order valence-electron chi connectivity index (χ4n) is 5.46. The van der Waals surface area contributed by atoms with Gasteiger partial charge < -0.3 is 25.8 Å². The van der Waals surface area contributed by atoms with Gasteiger partial charge in [-0.15, -0.1) is 0 Å². The summed E-state index contributed by atoms with van der Waals surface area (Å²) in [5.41, 5.74) is 15.2. The van der Waals surface area contributed by atoms with Crippen LogP contribution in [0, 0.1) is 18.3 Å². The Morgan fingerprint density at radius 1 is 1.08 bits per heavy atom. The summed E-state index contributed by atoms with van der Waals surface area (Å²) in [6.07, 6.45) is 10.6. The fraction of sp³-hybridized carbons (Fsp3) is 0.375. The number of aromatic nitrogens is 1. The van der Waals surface area contributed by atoms with Crippen molar-refractivity contribution in [2.45, 2.75) is 53.0 Å². The van der Waals surface area contributed by atoms with Crippen LogP contribution in [0.25, 0.3) is 10.9 Å². The summed E-state index contributed by atoms with van der Waals surface area (Å²) in [7, 11) is 3.75. The lowest BCUT2D eigenvalue weighted by molar-refractivity contribution is 0.636. The van der Waals surface area contributed by atoms with Crippen LogP contribution in [0.5, 0.6) is 0 Å². The van der Waals surface area contributed by atoms with Gasteiger partial charge in [0.1, 0.15) is 11.9 Å². The molecule has 0 unspecified atom stereocenters. The van der Waals surface area contributed by atoms with Crippen LogP contribution in [0.15, 0.2) is 65.1 Å². The van der Waals surface area contributed by atoms with Crippen molar-refractivity contribution in [2.24, 2.45) is 4.99 Å². The van der Waals surface area contributed by atoms with Crippen LogP contribution < -0.4 is 21.3 Å². The monoisotopic (exact) mass is 523 g/mol. The third kappa shape index (κ3) is 5.86. The predicted molar refractivity (Wildman–Crippen MR) is 166 cm³/mol. The summed E-state index contributed by atoms with van der Waals surface area (Å²) in [4.78, 5) is 7.39. The van der Waals surface area contributed by atoms with Crippen molar-refractivity contribution in [1.82, 2.24) is 9.88 Å². The van der Waals surface area contributed by atoms with Crippen LogP contribution in [0.1, 0.15) is 49.8 Å². The van der Waals surface area contributed by atoms with E-state index >= 15 is 0 Å². The summed E-state index contributed by atoms with van der Waals surface area (Å²) in [5.74, 6) is 0.683. The minimum absolute atomic E-state index is 0.556. The second-order valence-corrected chi connectivity index (χ2v) is 10.1. The second kappa shape index (κ2) is 12.7. The number of nitriles is 1. The third-order valence-corrected chi connectivity index (χ3v) is 7.34. The lowest BCUT2D eigenvalue weighted by Gasteiger charge is -2.22. The Morgan fingerprint density at radius 3 is 2.49 bits per heavy atom. The highest BCUT2D eigenvalue weighted by molar-refractivity contribution is 6.21. The van der Waals surface area contributed by atoms with Crippen LogP contribution in [-0.4, -0.2) is 37.5 Å². The lowest BCUT2D eigenvalue weighted by atomic mass is 9.99. The van der Waals surface area contributed by atoms with Crippen molar-refractivity contribution in [2.75, 3.05) is 43.1 Å². The summed E-state index contributed by atoms with van der Waals surface area (Å²) in [6, 6.07) is 13.0. The highest BCUT2D eigenvalue weighted by atomic mass is 15.2. The third-order valence-electron chi connectivity index (χ3n) is 7.34. The molecule has 7 nitrogen and oxygen atoms in total. The first kappa shape index (κ1) is 28.0. The molecule has 4 N–H and O–H groups in total. The van der Waals surface area contributed by atoms with Gasteiger partial charge in [-0.2, -0.15) is 5.26 Å². The molecule has 3 heterocycles. The van der Waals surface area contributed by atoms with Crippen molar-refractivity contribution in [1.29, 1.82) is 5.26 Å². The largest absolute Gasteiger partial charge is 0.397 e. The fourth-order valence-corrected chi connectivity index (χ4v) is 5.46. The number of benzene rings is 2. The standard InChI is InChI=1S/C30H34N6.C2H7N/c1-4-21(18-31)29(24-19-36-15-9-11-22-10-8-12-23(24)30(22)36)34-28(5-2)33-26-17-25(32)27(16-20(26)3)35-13-6-7-14-35;1-3-2/h4-5,8,10,12,16-17,19,33H,6-7,9,11,13-15,32H2,1-3H3;3H,1-2H3/b21-4-,28-5-,34-29+;. The molecule has 2 aromatic carbocycles. The first-order valence-corrected chi connectivity index (χ1v) is 13.9. The van der Waals surface area contributed by atoms with Crippen LogP contribution in [0.4, 0.5) is 17.1 Å². The molecule has 1 saturated heterocycles. The number of aliphatic imine (C=N–C) groups is 1. The zero-order valence-electron chi connectivity index (χ0n) is 23.9. The molecule has 204 valence electrons. The molecule has 0 saturated carbocycles. The minimum atomic E-state index is 0.556. The van der Waals surface area contributed by atoms with E-state index in [4.69, 9.17) is 10.7 Å². The van der Waals surface area contributed by atoms with Crippen molar-refractivity contribution < 1.29 is 0 Å². The molecular weight excluding hydrogens is 482 g/mol. The molecule has 0 radical (unpaired) electrons. The maximum absolute atomic E-state index is 9.98. The SMILES string of the molecule is CNC.C\C=C(/N=C(\C(C#N)=C/C)c1cn2c3c(cccc13)CCC2)Nc1cc(N)c(N2CCCC2)cc1C. The first-order valence-electron chi connectivity index (χ1n) is 13.9. The molecule has 0 spiro atoms. The smallest absolute Gasteiger partial charge is 0.126 e. The number of nitrogens with zero attached hydrogens (tertiary/aromatic N) is 4. The van der Waals surface area contributed by atoms with Crippen molar-refractivity contribution in [3.05, 3.63) is 76.8 Å². The maximum atomic E-state index is 9.98. The molecule has 3 aromatic rings. The highest BCUT2D eigenvalue weighted by Gasteiger charge is 2.21. The Kier molecular flexibility index (Phi) is 9.11. The van der Waals surface area contributed by atoms with Gasteiger partial charge in [-0.3, -0.25) is 0 Å². The molecule has 2 aliphatic heterocycles. The predicted octanol–water partition coefficient (Wildman–Crippen LogP) is 6.15. The number of nitrogens with one attached hydrogen (secondary N) is 2. The number of hydrogen-bond acceptors (Lipinski definition) is 6. The number of nitrogens with two attached hydrogens (primary N) is 1. The Balaban J connectivity index is 0.00000112. The minimum Gasteiger partial charge on any atom is -0.397 e. The van der Waals surface area contributed by atoms with Gasteiger partial charge in [-0.1, -0.05) is 24.3 Å². The quantitative estimate of drug-likeness (QED) is 0.205.